The molecule has 1 N–H and O–H groups in total. The monoisotopic (exact) mass is 346 g/mol. The Balaban J connectivity index is 2.30. The number of anilines is 1. The lowest BCUT2D eigenvalue weighted by Crippen LogP contribution is -2.06. The van der Waals surface area contributed by atoms with Crippen LogP contribution in [-0.2, 0) is 0 Å². The van der Waals surface area contributed by atoms with E-state index in [-0.39, 0.29) is 0 Å². The zero-order valence-corrected chi connectivity index (χ0v) is 12.5. The van der Waals surface area contributed by atoms with Crippen molar-refractivity contribution in [3.8, 4) is 11.5 Å². The van der Waals surface area contributed by atoms with Gasteiger partial charge in [0, 0.05) is 11.6 Å². The molecule has 0 spiro atoms. The number of nitrogens with zero attached hydrogens (tertiary/aromatic N) is 1. The zero-order valence-electron chi connectivity index (χ0n) is 12.5. The molecule has 0 aliphatic rings. The smallest absolute Gasteiger partial charge is 0.200 e. The van der Waals surface area contributed by atoms with Gasteiger partial charge in [0.05, 0.1) is 20.4 Å². The number of hydrogen-bond donors (Lipinski definition) is 1. The van der Waals surface area contributed by atoms with Crippen molar-refractivity contribution < 1.29 is 31.4 Å². The number of methoxy groups -OCH3 is 2. The van der Waals surface area contributed by atoms with Crippen molar-refractivity contribution in [3.05, 3.63) is 52.8 Å². The summed E-state index contributed by atoms with van der Waals surface area (Å²) in [6.45, 7) is 0. The number of hydrazone groups is 1. The van der Waals surface area contributed by atoms with E-state index < -0.39 is 34.8 Å². The number of nitrogens with one attached hydrogen (secondary N) is 1. The molecular formula is C15H11F5N2O2. The van der Waals surface area contributed by atoms with Crippen molar-refractivity contribution in [2.75, 3.05) is 19.6 Å². The number of benzene rings is 2. The molecule has 0 unspecified atom stereocenters. The third kappa shape index (κ3) is 3.39. The number of halogens is 5. The number of hydrogen-bond acceptors (Lipinski definition) is 4. The van der Waals surface area contributed by atoms with Crippen molar-refractivity contribution in [3.63, 3.8) is 0 Å². The van der Waals surface area contributed by atoms with Gasteiger partial charge in [-0.05, 0) is 12.1 Å². The molecule has 0 atom stereocenters. The lowest BCUT2D eigenvalue weighted by molar-refractivity contribution is 0.381. The van der Waals surface area contributed by atoms with Gasteiger partial charge in [-0.25, -0.2) is 22.0 Å². The quantitative estimate of drug-likeness (QED) is 0.294. The minimum absolute atomic E-state index is 0.405. The van der Waals surface area contributed by atoms with Crippen LogP contribution in [0.3, 0.4) is 0 Å². The van der Waals surface area contributed by atoms with E-state index >= 15 is 0 Å². The van der Waals surface area contributed by atoms with Crippen LogP contribution in [-0.4, -0.2) is 20.4 Å². The van der Waals surface area contributed by atoms with E-state index in [1.807, 2.05) is 0 Å². The second-order valence-electron chi connectivity index (χ2n) is 4.46. The molecule has 24 heavy (non-hydrogen) atoms. The predicted octanol–water partition coefficient (Wildman–Crippen LogP) is 3.85. The van der Waals surface area contributed by atoms with Crippen molar-refractivity contribution in [2.45, 2.75) is 0 Å². The maximum absolute atomic E-state index is 13.5. The summed E-state index contributed by atoms with van der Waals surface area (Å²) in [5, 5.41) is 3.47. The molecule has 0 saturated heterocycles. The Morgan fingerprint density at radius 1 is 0.792 bits per heavy atom. The fourth-order valence-electron chi connectivity index (χ4n) is 1.78. The fourth-order valence-corrected chi connectivity index (χ4v) is 1.78. The van der Waals surface area contributed by atoms with Gasteiger partial charge in [0.25, 0.3) is 0 Å². The summed E-state index contributed by atoms with van der Waals surface area (Å²) in [4.78, 5) is 0. The summed E-state index contributed by atoms with van der Waals surface area (Å²) in [6, 6.07) is 4.62. The second kappa shape index (κ2) is 7.16. The van der Waals surface area contributed by atoms with Crippen molar-refractivity contribution in [1.82, 2.24) is 0 Å². The Bertz CT molecular complexity index is 745. The van der Waals surface area contributed by atoms with Crippen LogP contribution in [0.5, 0.6) is 11.5 Å². The first kappa shape index (κ1) is 17.5. The summed E-state index contributed by atoms with van der Waals surface area (Å²) in [5.74, 6) is -9.53. The highest BCUT2D eigenvalue weighted by atomic mass is 19.2. The largest absolute Gasteiger partial charge is 0.497 e. The zero-order chi connectivity index (χ0) is 17.9. The van der Waals surface area contributed by atoms with Crippen LogP contribution in [0.4, 0.5) is 27.6 Å². The maximum atomic E-state index is 13.5. The normalized spacial score (nSPS) is 11.0. The minimum Gasteiger partial charge on any atom is -0.497 e. The lowest BCUT2D eigenvalue weighted by Gasteiger charge is -2.07. The van der Waals surface area contributed by atoms with Crippen LogP contribution in [0.2, 0.25) is 0 Å². The Labute approximate surface area is 133 Å². The van der Waals surface area contributed by atoms with Crippen LogP contribution in [0.1, 0.15) is 5.56 Å². The van der Waals surface area contributed by atoms with Crippen LogP contribution < -0.4 is 14.9 Å². The van der Waals surface area contributed by atoms with Gasteiger partial charge in [0.2, 0.25) is 5.82 Å². The summed E-state index contributed by atoms with van der Waals surface area (Å²) in [5.41, 5.74) is 0.958. The van der Waals surface area contributed by atoms with E-state index in [9.17, 15) is 22.0 Å². The summed E-state index contributed by atoms with van der Waals surface area (Å²) < 4.78 is 76.0. The summed E-state index contributed by atoms with van der Waals surface area (Å²) >= 11 is 0. The van der Waals surface area contributed by atoms with Gasteiger partial charge in [-0.2, -0.15) is 5.10 Å². The highest BCUT2D eigenvalue weighted by molar-refractivity contribution is 5.81. The Kier molecular flexibility index (Phi) is 5.22. The minimum atomic E-state index is -2.24. The van der Waals surface area contributed by atoms with Gasteiger partial charge in [-0.15, -0.1) is 0 Å². The molecule has 0 radical (unpaired) electrons. The van der Waals surface area contributed by atoms with Gasteiger partial charge in [0.1, 0.15) is 17.2 Å². The first-order chi connectivity index (χ1) is 11.4. The van der Waals surface area contributed by atoms with Crippen molar-refractivity contribution >= 4 is 11.9 Å². The van der Waals surface area contributed by atoms with Crippen LogP contribution in [0.15, 0.2) is 23.3 Å². The van der Waals surface area contributed by atoms with E-state index in [1.165, 1.54) is 26.4 Å². The van der Waals surface area contributed by atoms with E-state index in [0.717, 1.165) is 6.21 Å². The highest BCUT2D eigenvalue weighted by Crippen LogP contribution is 2.27. The SMILES string of the molecule is COc1cc(/C=N\Nc2c(F)c(F)c(F)c(F)c2F)cc(OC)c1. The molecule has 0 amide bonds. The molecule has 2 rings (SSSR count). The van der Waals surface area contributed by atoms with Crippen molar-refractivity contribution in [2.24, 2.45) is 5.10 Å². The molecule has 0 aromatic heterocycles. The van der Waals surface area contributed by atoms with Gasteiger partial charge in [0.15, 0.2) is 23.3 Å². The summed E-state index contributed by atoms with van der Waals surface area (Å²) in [7, 11) is 2.84. The van der Waals surface area contributed by atoms with E-state index in [2.05, 4.69) is 5.10 Å². The van der Waals surface area contributed by atoms with Gasteiger partial charge in [-0.3, -0.25) is 5.43 Å². The number of rotatable bonds is 5. The van der Waals surface area contributed by atoms with Crippen LogP contribution in [0.25, 0.3) is 0 Å². The first-order valence-electron chi connectivity index (χ1n) is 6.42. The highest BCUT2D eigenvalue weighted by Gasteiger charge is 2.25. The molecule has 0 fully saturated rings. The fraction of sp³-hybridized carbons (Fsp3) is 0.133. The Morgan fingerprint density at radius 2 is 1.25 bits per heavy atom. The Morgan fingerprint density at radius 3 is 1.71 bits per heavy atom. The topological polar surface area (TPSA) is 42.8 Å². The van der Waals surface area contributed by atoms with Gasteiger partial charge < -0.3 is 9.47 Å². The maximum Gasteiger partial charge on any atom is 0.200 e. The lowest BCUT2D eigenvalue weighted by atomic mass is 10.2. The van der Waals surface area contributed by atoms with Crippen LogP contribution >= 0.6 is 0 Å². The standard InChI is InChI=1S/C15H11F5N2O2/c1-23-8-3-7(4-9(5-8)24-2)6-21-22-15-13(19)11(17)10(16)12(18)14(15)20/h3-6,22H,1-2H3/b21-6-. The predicted molar refractivity (Wildman–Crippen MR) is 77.0 cm³/mol. The van der Waals surface area contributed by atoms with E-state index in [1.54, 1.807) is 11.5 Å². The van der Waals surface area contributed by atoms with Crippen LogP contribution in [0, 0.1) is 29.1 Å². The molecule has 0 saturated carbocycles. The molecule has 0 aliphatic heterocycles. The molecule has 2 aromatic carbocycles. The summed E-state index contributed by atoms with van der Waals surface area (Å²) in [6.07, 6.45) is 1.10. The second-order valence-corrected chi connectivity index (χ2v) is 4.46. The third-order valence-corrected chi connectivity index (χ3v) is 2.97. The van der Waals surface area contributed by atoms with Gasteiger partial charge in [-0.1, -0.05) is 0 Å². The molecular weight excluding hydrogens is 335 g/mol. The van der Waals surface area contributed by atoms with Gasteiger partial charge >= 0.3 is 0 Å². The Hall–Kier alpha value is -2.84. The van der Waals surface area contributed by atoms with E-state index in [4.69, 9.17) is 9.47 Å². The first-order valence-corrected chi connectivity index (χ1v) is 6.42. The number of ether oxygens (including phenoxy) is 2. The average molecular weight is 346 g/mol. The van der Waals surface area contributed by atoms with E-state index in [0.29, 0.717) is 17.1 Å². The molecule has 2 aromatic rings. The average Bonchev–Trinajstić information content (AvgIpc) is 2.60. The molecule has 0 aliphatic carbocycles. The third-order valence-electron chi connectivity index (χ3n) is 2.97. The molecule has 9 heteroatoms. The molecule has 128 valence electrons. The van der Waals surface area contributed by atoms with Crippen molar-refractivity contribution in [1.29, 1.82) is 0 Å². The molecule has 0 heterocycles. The molecule has 4 nitrogen and oxygen atoms in total. The molecule has 0 bridgehead atoms.